The molecule has 5 rings (SSSR count). The molecule has 0 unspecified atom stereocenters. The molecule has 0 saturated heterocycles. The van der Waals surface area contributed by atoms with Crippen molar-refractivity contribution in [2.24, 2.45) is 0 Å². The van der Waals surface area contributed by atoms with Crippen LogP contribution in [0.5, 0.6) is 0 Å². The van der Waals surface area contributed by atoms with E-state index in [0.29, 0.717) is 0 Å². The molecular weight excluding hydrogens is 808 g/mol. The zero-order valence-corrected chi connectivity index (χ0v) is 38.4. The first-order valence-electron chi connectivity index (χ1n) is 23.1. The third-order valence-corrected chi connectivity index (χ3v) is 13.4. The highest BCUT2D eigenvalue weighted by Gasteiger charge is 2.16. The van der Waals surface area contributed by atoms with E-state index >= 15 is 0 Å². The van der Waals surface area contributed by atoms with Crippen LogP contribution in [-0.4, -0.2) is 0 Å². The molecule has 0 saturated carbocycles. The number of hydrogen-bond acceptors (Lipinski definition) is 0. The van der Waals surface area contributed by atoms with E-state index in [1.807, 2.05) is 0 Å². The maximum absolute atomic E-state index is 3.96. The van der Waals surface area contributed by atoms with Crippen LogP contribution in [0.15, 0.2) is 93.9 Å². The van der Waals surface area contributed by atoms with Crippen LogP contribution in [-0.2, 0) is 12.8 Å². The molecule has 5 aromatic rings. The maximum atomic E-state index is 3.96. The molecule has 0 bridgehead atoms. The van der Waals surface area contributed by atoms with Crippen molar-refractivity contribution >= 4 is 53.4 Å². The predicted octanol–water partition coefficient (Wildman–Crippen LogP) is 19.3. The Balaban J connectivity index is 1.12. The molecule has 0 aromatic heterocycles. The summed E-state index contributed by atoms with van der Waals surface area (Å²) in [5.74, 6) is 0. The molecule has 0 aliphatic heterocycles. The molecule has 0 radical (unpaired) electrons. The van der Waals surface area contributed by atoms with Gasteiger partial charge in [0.2, 0.25) is 0 Å². The minimum atomic E-state index is 1.12. The van der Waals surface area contributed by atoms with Gasteiger partial charge in [-0.2, -0.15) is 0 Å². The first kappa shape index (κ1) is 44.7. The summed E-state index contributed by atoms with van der Waals surface area (Å²) in [7, 11) is 0. The fourth-order valence-electron chi connectivity index (χ4n) is 8.67. The van der Waals surface area contributed by atoms with Crippen LogP contribution in [0.4, 0.5) is 0 Å². The van der Waals surface area contributed by atoms with Gasteiger partial charge in [0, 0.05) is 20.1 Å². The molecular formula is C54H72Br2. The normalized spacial score (nSPS) is 11.6. The zero-order chi connectivity index (χ0) is 39.2. The standard InChI is InChI=1S/C54H72Br2/c1-3-5-7-9-11-13-15-17-19-21-23-25-27-43-29-31-47-41-49(35-33-45(47)39-43)53-51(55)37-38-52(56)54(53)50-36-34-46-40-44(30-32-48(46)42-50)28-26-24-22-20-18-16-14-12-10-8-6-4-2/h29-42H,3-28H2,1-2H3. The van der Waals surface area contributed by atoms with Crippen LogP contribution in [0.3, 0.4) is 0 Å². The SMILES string of the molecule is CCCCCCCCCCCCCCc1ccc2cc(-c3c(Br)ccc(Br)c3-c3ccc4cc(CCCCCCCCCCCCCC)ccc4c3)ccc2c1. The lowest BCUT2D eigenvalue weighted by Gasteiger charge is -2.16. The lowest BCUT2D eigenvalue weighted by molar-refractivity contribution is 0.544. The van der Waals surface area contributed by atoms with E-state index in [4.69, 9.17) is 0 Å². The van der Waals surface area contributed by atoms with Crippen LogP contribution >= 0.6 is 31.9 Å². The van der Waals surface area contributed by atoms with E-state index in [0.717, 1.165) is 8.95 Å². The van der Waals surface area contributed by atoms with Crippen molar-refractivity contribution in [2.45, 2.75) is 181 Å². The van der Waals surface area contributed by atoms with Gasteiger partial charge in [0.15, 0.2) is 0 Å². The molecule has 5 aromatic carbocycles. The maximum Gasteiger partial charge on any atom is 0.0260 e. The van der Waals surface area contributed by atoms with Crippen molar-refractivity contribution in [2.75, 3.05) is 0 Å². The minimum Gasteiger partial charge on any atom is -0.0654 e. The Bertz CT molecular complexity index is 1730. The van der Waals surface area contributed by atoms with E-state index in [2.05, 4.69) is 131 Å². The van der Waals surface area contributed by atoms with Gasteiger partial charge in [-0.05, 0) is 93.7 Å². The summed E-state index contributed by atoms with van der Waals surface area (Å²) in [5, 5.41) is 5.28. The number of fused-ring (bicyclic) bond motifs is 2. The number of benzene rings is 5. The van der Waals surface area contributed by atoms with Gasteiger partial charge in [0.05, 0.1) is 0 Å². The Hall–Kier alpha value is -2.42. The molecule has 0 aliphatic carbocycles. The van der Waals surface area contributed by atoms with Crippen LogP contribution in [0, 0.1) is 0 Å². The van der Waals surface area contributed by atoms with Gasteiger partial charge in [-0.15, -0.1) is 0 Å². The van der Waals surface area contributed by atoms with Crippen molar-refractivity contribution in [3.05, 3.63) is 105 Å². The molecule has 0 fully saturated rings. The van der Waals surface area contributed by atoms with E-state index in [9.17, 15) is 0 Å². The first-order valence-corrected chi connectivity index (χ1v) is 24.7. The van der Waals surface area contributed by atoms with Crippen LogP contribution in [0.1, 0.15) is 179 Å². The summed E-state index contributed by atoms with van der Waals surface area (Å²) in [6.07, 6.45) is 35.9. The van der Waals surface area contributed by atoms with Crippen molar-refractivity contribution < 1.29 is 0 Å². The Labute approximate surface area is 359 Å². The molecule has 302 valence electrons. The molecule has 0 heterocycles. The van der Waals surface area contributed by atoms with Gasteiger partial charge in [-0.1, -0.05) is 248 Å². The summed E-state index contributed by atoms with van der Waals surface area (Å²) in [6.45, 7) is 4.60. The molecule has 0 nitrogen and oxygen atoms in total. The van der Waals surface area contributed by atoms with Gasteiger partial charge in [0.25, 0.3) is 0 Å². The van der Waals surface area contributed by atoms with Crippen LogP contribution in [0.2, 0.25) is 0 Å². The largest absolute Gasteiger partial charge is 0.0654 e. The molecule has 56 heavy (non-hydrogen) atoms. The zero-order valence-electron chi connectivity index (χ0n) is 35.2. The highest BCUT2D eigenvalue weighted by Crippen LogP contribution is 2.44. The second kappa shape index (κ2) is 25.8. The molecule has 0 aliphatic rings. The highest BCUT2D eigenvalue weighted by molar-refractivity contribution is 9.11. The number of halogens is 2. The second-order valence-electron chi connectivity index (χ2n) is 16.8. The van der Waals surface area contributed by atoms with E-state index in [1.165, 1.54) is 222 Å². The number of aryl methyl sites for hydroxylation is 2. The summed E-state index contributed by atoms with van der Waals surface area (Å²) < 4.78 is 2.24. The van der Waals surface area contributed by atoms with Crippen molar-refractivity contribution in [1.29, 1.82) is 0 Å². The van der Waals surface area contributed by atoms with E-state index < -0.39 is 0 Å². The Morgan fingerprint density at radius 3 is 0.929 bits per heavy atom. The number of rotatable bonds is 28. The van der Waals surface area contributed by atoms with Gasteiger partial charge < -0.3 is 0 Å². The lowest BCUT2D eigenvalue weighted by Crippen LogP contribution is -1.91. The van der Waals surface area contributed by atoms with Gasteiger partial charge in [-0.3, -0.25) is 0 Å². The third kappa shape index (κ3) is 14.8. The number of hydrogen-bond donors (Lipinski definition) is 0. The smallest absolute Gasteiger partial charge is 0.0260 e. The van der Waals surface area contributed by atoms with Crippen LogP contribution in [0.25, 0.3) is 43.8 Å². The Kier molecular flexibility index (Phi) is 20.6. The van der Waals surface area contributed by atoms with Crippen molar-refractivity contribution in [1.82, 2.24) is 0 Å². The summed E-state index contributed by atoms with van der Waals surface area (Å²) in [6, 6.07) is 32.6. The number of unbranched alkanes of at least 4 members (excludes halogenated alkanes) is 22. The molecule has 0 atom stereocenters. The predicted molar refractivity (Wildman–Crippen MR) is 257 cm³/mol. The molecule has 0 amide bonds. The Morgan fingerprint density at radius 1 is 0.304 bits per heavy atom. The molecule has 0 spiro atoms. The molecule has 0 N–H and O–H groups in total. The quantitative estimate of drug-likeness (QED) is 0.0439. The minimum absolute atomic E-state index is 1.12. The van der Waals surface area contributed by atoms with Crippen molar-refractivity contribution in [3.8, 4) is 22.3 Å². The monoisotopic (exact) mass is 878 g/mol. The van der Waals surface area contributed by atoms with Gasteiger partial charge >= 0.3 is 0 Å². The van der Waals surface area contributed by atoms with Gasteiger partial charge in [0.1, 0.15) is 0 Å². The third-order valence-electron chi connectivity index (χ3n) is 12.1. The highest BCUT2D eigenvalue weighted by atomic mass is 79.9. The Morgan fingerprint density at radius 2 is 0.589 bits per heavy atom. The average Bonchev–Trinajstić information content (AvgIpc) is 3.22. The second-order valence-corrected chi connectivity index (χ2v) is 18.6. The fourth-order valence-corrected chi connectivity index (χ4v) is 9.79. The molecule has 2 heteroatoms. The first-order chi connectivity index (χ1) is 27.6. The topological polar surface area (TPSA) is 0 Å². The fraction of sp³-hybridized carbons (Fsp3) is 0.519. The summed E-state index contributed by atoms with van der Waals surface area (Å²) >= 11 is 7.92. The summed E-state index contributed by atoms with van der Waals surface area (Å²) in [4.78, 5) is 0. The van der Waals surface area contributed by atoms with Crippen LogP contribution < -0.4 is 0 Å². The summed E-state index contributed by atoms with van der Waals surface area (Å²) in [5.41, 5.74) is 7.90. The van der Waals surface area contributed by atoms with Gasteiger partial charge in [-0.25, -0.2) is 0 Å². The van der Waals surface area contributed by atoms with Crippen molar-refractivity contribution in [3.63, 3.8) is 0 Å². The lowest BCUT2D eigenvalue weighted by atomic mass is 9.91. The van der Waals surface area contributed by atoms with E-state index in [-0.39, 0.29) is 0 Å². The average molecular weight is 881 g/mol. The van der Waals surface area contributed by atoms with E-state index in [1.54, 1.807) is 0 Å².